The highest BCUT2D eigenvalue weighted by Crippen LogP contribution is 2.36. The molecule has 2 N–H and O–H groups in total. The van der Waals surface area contributed by atoms with Crippen molar-refractivity contribution in [1.29, 1.82) is 0 Å². The van der Waals surface area contributed by atoms with Gasteiger partial charge in [0.05, 0.1) is 5.41 Å². The van der Waals surface area contributed by atoms with Crippen molar-refractivity contribution in [3.8, 4) is 10.4 Å². The van der Waals surface area contributed by atoms with Crippen LogP contribution >= 0.6 is 11.3 Å². The monoisotopic (exact) mass is 384 g/mol. The standard InChI is InChI=1S/C22H28N2O2S/c1-16(2)13-20(25)24-10-8-22(9-11-24,21(23)26)15-17-5-3-6-18(14-17)19-7-4-12-27-19/h3-7,12,14,16H,8-11,13,15H2,1-2H3,(H2,23,26). The maximum Gasteiger partial charge on any atom is 0.224 e. The fourth-order valence-corrected chi connectivity index (χ4v) is 4.56. The molecule has 0 atom stereocenters. The number of piperidine rings is 1. The van der Waals surface area contributed by atoms with Crippen LogP contribution in [-0.2, 0) is 16.0 Å². The lowest BCUT2D eigenvalue weighted by molar-refractivity contribution is -0.139. The topological polar surface area (TPSA) is 63.4 Å². The molecule has 27 heavy (non-hydrogen) atoms. The summed E-state index contributed by atoms with van der Waals surface area (Å²) < 4.78 is 0. The highest BCUT2D eigenvalue weighted by atomic mass is 32.1. The Hall–Kier alpha value is -2.14. The molecule has 2 aromatic rings. The molecule has 1 aromatic heterocycles. The molecule has 0 saturated carbocycles. The second-order valence-corrected chi connectivity index (χ2v) is 8.93. The van der Waals surface area contributed by atoms with Crippen LogP contribution in [0.4, 0.5) is 0 Å². The van der Waals surface area contributed by atoms with E-state index >= 15 is 0 Å². The predicted molar refractivity (Wildman–Crippen MR) is 110 cm³/mol. The molecule has 144 valence electrons. The average Bonchev–Trinajstić information content (AvgIpc) is 3.16. The molecule has 2 heterocycles. The van der Waals surface area contributed by atoms with Gasteiger partial charge in [0, 0.05) is 24.4 Å². The second kappa shape index (κ2) is 8.26. The number of primary amides is 1. The largest absolute Gasteiger partial charge is 0.369 e. The van der Waals surface area contributed by atoms with Crippen LogP contribution < -0.4 is 5.73 Å². The van der Waals surface area contributed by atoms with Gasteiger partial charge in [-0.15, -0.1) is 11.3 Å². The van der Waals surface area contributed by atoms with Gasteiger partial charge in [0.25, 0.3) is 0 Å². The van der Waals surface area contributed by atoms with Crippen molar-refractivity contribution in [2.24, 2.45) is 17.1 Å². The molecule has 0 bridgehead atoms. The summed E-state index contributed by atoms with van der Waals surface area (Å²) in [5, 5.41) is 2.07. The zero-order valence-electron chi connectivity index (χ0n) is 16.1. The number of amides is 2. The van der Waals surface area contributed by atoms with E-state index in [0.717, 1.165) is 5.56 Å². The molecule has 1 fully saturated rings. The van der Waals surface area contributed by atoms with Crippen LogP contribution in [-0.4, -0.2) is 29.8 Å². The highest BCUT2D eigenvalue weighted by Gasteiger charge is 2.40. The van der Waals surface area contributed by atoms with Gasteiger partial charge in [-0.2, -0.15) is 0 Å². The summed E-state index contributed by atoms with van der Waals surface area (Å²) in [5.41, 5.74) is 7.58. The summed E-state index contributed by atoms with van der Waals surface area (Å²) in [7, 11) is 0. The Morgan fingerprint density at radius 2 is 1.93 bits per heavy atom. The molecular formula is C22H28N2O2S. The number of carbonyl (C=O) groups is 2. The number of hydrogen-bond donors (Lipinski definition) is 1. The molecule has 1 aliphatic heterocycles. The Bertz CT molecular complexity index is 790. The van der Waals surface area contributed by atoms with E-state index in [2.05, 4.69) is 43.5 Å². The molecule has 0 aliphatic carbocycles. The second-order valence-electron chi connectivity index (χ2n) is 7.98. The zero-order chi connectivity index (χ0) is 19.4. The van der Waals surface area contributed by atoms with Gasteiger partial charge in [-0.05, 0) is 47.8 Å². The highest BCUT2D eigenvalue weighted by molar-refractivity contribution is 7.13. The molecule has 0 radical (unpaired) electrons. The minimum atomic E-state index is -0.567. The van der Waals surface area contributed by atoms with Crippen LogP contribution in [0.3, 0.4) is 0 Å². The van der Waals surface area contributed by atoms with E-state index in [1.807, 2.05) is 17.0 Å². The first kappa shape index (κ1) is 19.6. The van der Waals surface area contributed by atoms with E-state index in [9.17, 15) is 9.59 Å². The van der Waals surface area contributed by atoms with Gasteiger partial charge in [0.2, 0.25) is 11.8 Å². The van der Waals surface area contributed by atoms with Crippen molar-refractivity contribution < 1.29 is 9.59 Å². The molecule has 5 heteroatoms. The van der Waals surface area contributed by atoms with Crippen LogP contribution in [0, 0.1) is 11.3 Å². The van der Waals surface area contributed by atoms with E-state index in [-0.39, 0.29) is 11.8 Å². The Kier molecular flexibility index (Phi) is 6.00. The maximum atomic E-state index is 12.4. The summed E-state index contributed by atoms with van der Waals surface area (Å²) in [4.78, 5) is 27.8. The number of carbonyl (C=O) groups excluding carboxylic acids is 2. The smallest absolute Gasteiger partial charge is 0.224 e. The van der Waals surface area contributed by atoms with Gasteiger partial charge >= 0.3 is 0 Å². The van der Waals surface area contributed by atoms with E-state index in [1.54, 1.807) is 11.3 Å². The van der Waals surface area contributed by atoms with Gasteiger partial charge < -0.3 is 10.6 Å². The lowest BCUT2D eigenvalue weighted by Crippen LogP contribution is -2.50. The van der Waals surface area contributed by atoms with E-state index in [4.69, 9.17) is 5.73 Å². The fraction of sp³-hybridized carbons (Fsp3) is 0.455. The summed E-state index contributed by atoms with van der Waals surface area (Å²) in [6, 6.07) is 12.5. The Labute approximate surface area is 165 Å². The van der Waals surface area contributed by atoms with Crippen LogP contribution in [0.2, 0.25) is 0 Å². The molecule has 1 aliphatic rings. The normalized spacial score (nSPS) is 16.5. The average molecular weight is 385 g/mol. The number of likely N-dealkylation sites (tertiary alicyclic amines) is 1. The van der Waals surface area contributed by atoms with Crippen molar-refractivity contribution in [3.63, 3.8) is 0 Å². The SMILES string of the molecule is CC(C)CC(=O)N1CCC(Cc2cccc(-c3cccs3)c2)(C(N)=O)CC1. The number of nitrogens with zero attached hydrogens (tertiary/aromatic N) is 1. The fourth-order valence-electron chi connectivity index (χ4n) is 3.84. The number of nitrogens with two attached hydrogens (primary N) is 1. The summed E-state index contributed by atoms with van der Waals surface area (Å²) in [6.45, 7) is 5.32. The predicted octanol–water partition coefficient (Wildman–Crippen LogP) is 4.10. The first-order valence-corrected chi connectivity index (χ1v) is 10.5. The molecular weight excluding hydrogens is 356 g/mol. The Balaban J connectivity index is 1.73. The Morgan fingerprint density at radius 3 is 2.52 bits per heavy atom. The Morgan fingerprint density at radius 1 is 1.19 bits per heavy atom. The summed E-state index contributed by atoms with van der Waals surface area (Å²) in [6.07, 6.45) is 2.46. The van der Waals surface area contributed by atoms with Crippen LogP contribution in [0.5, 0.6) is 0 Å². The van der Waals surface area contributed by atoms with Gasteiger partial charge in [-0.1, -0.05) is 44.2 Å². The summed E-state index contributed by atoms with van der Waals surface area (Å²) >= 11 is 1.71. The molecule has 0 spiro atoms. The molecule has 1 saturated heterocycles. The minimum Gasteiger partial charge on any atom is -0.369 e. The number of rotatable bonds is 6. The minimum absolute atomic E-state index is 0.183. The van der Waals surface area contributed by atoms with E-state index in [1.165, 1.54) is 10.4 Å². The third-order valence-corrected chi connectivity index (χ3v) is 6.37. The van der Waals surface area contributed by atoms with E-state index < -0.39 is 5.41 Å². The van der Waals surface area contributed by atoms with Gasteiger partial charge in [0.15, 0.2) is 0 Å². The van der Waals surface area contributed by atoms with Crippen molar-refractivity contribution in [2.45, 2.75) is 39.5 Å². The third-order valence-electron chi connectivity index (χ3n) is 5.45. The zero-order valence-corrected chi connectivity index (χ0v) is 16.9. The summed E-state index contributed by atoms with van der Waals surface area (Å²) in [5.74, 6) is 0.281. The lowest BCUT2D eigenvalue weighted by Gasteiger charge is -2.40. The van der Waals surface area contributed by atoms with Gasteiger partial charge in [-0.25, -0.2) is 0 Å². The van der Waals surface area contributed by atoms with Crippen LogP contribution in [0.1, 0.15) is 38.7 Å². The first-order chi connectivity index (χ1) is 12.9. The van der Waals surface area contributed by atoms with Crippen molar-refractivity contribution in [1.82, 2.24) is 4.90 Å². The van der Waals surface area contributed by atoms with Gasteiger partial charge in [0.1, 0.15) is 0 Å². The van der Waals surface area contributed by atoms with Crippen molar-refractivity contribution in [3.05, 3.63) is 47.3 Å². The van der Waals surface area contributed by atoms with E-state index in [0.29, 0.717) is 44.7 Å². The molecule has 4 nitrogen and oxygen atoms in total. The lowest BCUT2D eigenvalue weighted by atomic mass is 9.73. The molecule has 0 unspecified atom stereocenters. The maximum absolute atomic E-state index is 12.4. The van der Waals surface area contributed by atoms with Gasteiger partial charge in [-0.3, -0.25) is 9.59 Å². The van der Waals surface area contributed by atoms with Crippen molar-refractivity contribution >= 4 is 23.2 Å². The van der Waals surface area contributed by atoms with Crippen LogP contribution in [0.25, 0.3) is 10.4 Å². The van der Waals surface area contributed by atoms with Crippen molar-refractivity contribution in [2.75, 3.05) is 13.1 Å². The molecule has 1 aromatic carbocycles. The molecule has 2 amide bonds. The van der Waals surface area contributed by atoms with Crippen LogP contribution in [0.15, 0.2) is 41.8 Å². The number of hydrogen-bond acceptors (Lipinski definition) is 3. The third kappa shape index (κ3) is 4.59. The quantitative estimate of drug-likeness (QED) is 0.815. The number of thiophene rings is 1. The molecule has 3 rings (SSSR count). The number of benzene rings is 1. The first-order valence-electron chi connectivity index (χ1n) is 9.60.